The molecule has 0 radical (unpaired) electrons. The highest BCUT2D eigenvalue weighted by Crippen LogP contribution is 2.38. The van der Waals surface area contributed by atoms with Crippen LogP contribution in [-0.4, -0.2) is 68.5 Å². The Kier molecular flexibility index (Phi) is 54.1. The van der Waals surface area contributed by atoms with Gasteiger partial charge in [-0.1, -0.05) is 274 Å². The van der Waals surface area contributed by atoms with Gasteiger partial charge in [0.1, 0.15) is 13.2 Å². The minimum absolute atomic E-state index is 0.00827. The molecule has 0 aliphatic carbocycles. The molecule has 9 heteroatoms. The third kappa shape index (κ3) is 58.0. The molecule has 73 heavy (non-hydrogen) atoms. The number of nitrogens with one attached hydrogen (secondary N) is 1. The quantitative estimate of drug-likeness (QED) is 0.0272. The molecule has 0 rings (SSSR count). The molecule has 0 aromatic rings. The monoisotopic (exact) mass is 1050 g/mol. The van der Waals surface area contributed by atoms with E-state index in [9.17, 15) is 19.4 Å². The topological polar surface area (TPSA) is 108 Å². The lowest BCUT2D eigenvalue weighted by molar-refractivity contribution is -0.870. The summed E-state index contributed by atoms with van der Waals surface area (Å²) in [6.45, 7) is 4.64. The Balaban J connectivity index is 4.00. The third-order valence-corrected chi connectivity index (χ3v) is 15.2. The minimum atomic E-state index is -4.61. The van der Waals surface area contributed by atoms with E-state index < -0.39 is 26.6 Å². The van der Waals surface area contributed by atoms with Crippen LogP contribution in [0.3, 0.4) is 0 Å². The molecule has 0 aromatic heterocycles. The second kappa shape index (κ2) is 55.2. The van der Waals surface area contributed by atoms with E-state index in [-0.39, 0.29) is 12.5 Å². The molecule has 0 aliphatic rings. The van der Waals surface area contributed by atoms with Crippen LogP contribution in [0.5, 0.6) is 0 Å². The van der Waals surface area contributed by atoms with Gasteiger partial charge >= 0.3 is 0 Å². The predicted molar refractivity (Wildman–Crippen MR) is 316 cm³/mol. The number of aliphatic hydroxyl groups excluding tert-OH is 1. The van der Waals surface area contributed by atoms with Crippen molar-refractivity contribution in [2.45, 2.75) is 315 Å². The van der Waals surface area contributed by atoms with Crippen LogP contribution in [0.1, 0.15) is 303 Å². The second-order valence-electron chi connectivity index (χ2n) is 22.7. The number of rotatable bonds is 58. The predicted octanol–water partition coefficient (Wildman–Crippen LogP) is 18.9. The van der Waals surface area contributed by atoms with Crippen LogP contribution in [0, 0.1) is 0 Å². The molecular formula is C64H123N2O6P. The van der Waals surface area contributed by atoms with Gasteiger partial charge in [-0.25, -0.2) is 0 Å². The minimum Gasteiger partial charge on any atom is -0.756 e. The number of phosphoric acid groups is 1. The molecular weight excluding hydrogens is 924 g/mol. The highest BCUT2D eigenvalue weighted by Gasteiger charge is 2.23. The standard InChI is InChI=1S/C64H123N2O6P/c1-6-8-10-12-14-16-18-20-22-24-25-26-27-28-29-30-31-32-33-34-35-36-37-38-39-40-41-42-44-46-48-50-52-54-56-58-64(68)65-62(61-72-73(69,70)71-60-59-66(3,4)5)63(67)57-55-53-51-49-47-45-43-23-21-19-17-15-13-11-9-7-2/h21,23-25,47,49,55,57,62-63,67H,6-20,22,26-46,48,50-54,56,58-61H2,1-5H3,(H-,65,68,69,70)/b23-21+,25-24-,49-47+,57-55+. The number of carbonyl (C=O) groups is 1. The molecule has 1 amide bonds. The zero-order valence-electron chi connectivity index (χ0n) is 49.1. The zero-order chi connectivity index (χ0) is 53.5. The van der Waals surface area contributed by atoms with Crippen LogP contribution >= 0.6 is 7.82 Å². The number of phosphoric ester groups is 1. The molecule has 0 heterocycles. The van der Waals surface area contributed by atoms with Gasteiger partial charge in [0.15, 0.2) is 0 Å². The Labute approximate surface area is 454 Å². The number of hydrogen-bond donors (Lipinski definition) is 2. The van der Waals surface area contributed by atoms with Crippen LogP contribution in [0.15, 0.2) is 48.6 Å². The summed E-state index contributed by atoms with van der Waals surface area (Å²) in [4.78, 5) is 25.5. The van der Waals surface area contributed by atoms with E-state index >= 15 is 0 Å². The molecule has 0 saturated heterocycles. The number of likely N-dealkylation sites (N-methyl/N-ethyl adjacent to an activating group) is 1. The number of carbonyl (C=O) groups excluding carboxylic acids is 1. The molecule has 3 unspecified atom stereocenters. The Morgan fingerprint density at radius 1 is 0.466 bits per heavy atom. The number of unbranched alkanes of at least 4 members (excludes halogenated alkanes) is 39. The zero-order valence-corrected chi connectivity index (χ0v) is 50.0. The fourth-order valence-electron chi connectivity index (χ4n) is 9.30. The highest BCUT2D eigenvalue weighted by molar-refractivity contribution is 7.45. The van der Waals surface area contributed by atoms with Gasteiger partial charge in [0, 0.05) is 6.42 Å². The molecule has 0 saturated carbocycles. The maximum atomic E-state index is 13.0. The average molecular weight is 1050 g/mol. The van der Waals surface area contributed by atoms with Crippen LogP contribution in [0.4, 0.5) is 0 Å². The van der Waals surface area contributed by atoms with Crippen molar-refractivity contribution in [2.75, 3.05) is 40.9 Å². The second-order valence-corrected chi connectivity index (χ2v) is 24.2. The smallest absolute Gasteiger partial charge is 0.268 e. The third-order valence-electron chi connectivity index (χ3n) is 14.2. The molecule has 3 atom stereocenters. The Morgan fingerprint density at radius 3 is 1.11 bits per heavy atom. The van der Waals surface area contributed by atoms with Gasteiger partial charge in [-0.05, 0) is 70.6 Å². The van der Waals surface area contributed by atoms with Gasteiger partial charge in [-0.15, -0.1) is 0 Å². The number of hydrogen-bond acceptors (Lipinski definition) is 6. The fraction of sp³-hybridized carbons (Fsp3) is 0.859. The molecule has 0 aliphatic heterocycles. The van der Waals surface area contributed by atoms with Crippen molar-refractivity contribution >= 4 is 13.7 Å². The Hall–Kier alpha value is -1.54. The van der Waals surface area contributed by atoms with Gasteiger partial charge in [0.05, 0.1) is 39.9 Å². The van der Waals surface area contributed by atoms with Crippen LogP contribution < -0.4 is 10.2 Å². The van der Waals surface area contributed by atoms with Crippen molar-refractivity contribution in [3.05, 3.63) is 48.6 Å². The lowest BCUT2D eigenvalue weighted by atomic mass is 10.0. The first kappa shape index (κ1) is 71.5. The first-order valence-electron chi connectivity index (χ1n) is 31.5. The van der Waals surface area contributed by atoms with Gasteiger partial charge in [0.2, 0.25) is 5.91 Å². The number of aliphatic hydroxyl groups is 1. The Bertz CT molecular complexity index is 1330. The van der Waals surface area contributed by atoms with E-state index in [1.165, 1.54) is 238 Å². The molecule has 430 valence electrons. The van der Waals surface area contributed by atoms with Crippen LogP contribution in [0.2, 0.25) is 0 Å². The van der Waals surface area contributed by atoms with E-state index in [0.717, 1.165) is 44.9 Å². The number of quaternary nitrogens is 1. The van der Waals surface area contributed by atoms with E-state index in [4.69, 9.17) is 9.05 Å². The van der Waals surface area contributed by atoms with E-state index in [0.29, 0.717) is 17.4 Å². The summed E-state index contributed by atoms with van der Waals surface area (Å²) in [5.41, 5.74) is 0. The highest BCUT2D eigenvalue weighted by atomic mass is 31.2. The first-order chi connectivity index (χ1) is 35.5. The summed E-state index contributed by atoms with van der Waals surface area (Å²) in [7, 11) is 1.24. The molecule has 2 N–H and O–H groups in total. The number of nitrogens with zero attached hydrogens (tertiary/aromatic N) is 1. The largest absolute Gasteiger partial charge is 0.756 e. The maximum absolute atomic E-state index is 13.0. The summed E-state index contributed by atoms with van der Waals surface area (Å²) < 4.78 is 23.3. The van der Waals surface area contributed by atoms with Crippen molar-refractivity contribution < 1.29 is 32.9 Å². The maximum Gasteiger partial charge on any atom is 0.268 e. The lowest BCUT2D eigenvalue weighted by Crippen LogP contribution is -2.45. The summed E-state index contributed by atoms with van der Waals surface area (Å²) in [5.74, 6) is -0.207. The SMILES string of the molecule is CCCCCCCC/C=C/CC/C=C/CC/C=C/C(O)C(COP(=O)([O-])OCC[N+](C)(C)C)NC(=O)CCCCCCCCCCCCCCCCCCCCCCCCC/C=C\CCCCCCCCCC. The fourth-order valence-corrected chi connectivity index (χ4v) is 10.0. The lowest BCUT2D eigenvalue weighted by Gasteiger charge is -2.29. The van der Waals surface area contributed by atoms with Gasteiger partial charge < -0.3 is 28.8 Å². The van der Waals surface area contributed by atoms with Gasteiger partial charge in [0.25, 0.3) is 7.82 Å². The first-order valence-corrected chi connectivity index (χ1v) is 33.0. The van der Waals surface area contributed by atoms with Crippen molar-refractivity contribution in [1.82, 2.24) is 5.32 Å². The van der Waals surface area contributed by atoms with Crippen molar-refractivity contribution in [3.63, 3.8) is 0 Å². The summed E-state index contributed by atoms with van der Waals surface area (Å²) >= 11 is 0. The average Bonchev–Trinajstić information content (AvgIpc) is 3.35. The normalized spacial score (nSPS) is 14.1. The van der Waals surface area contributed by atoms with E-state index in [1.807, 2.05) is 27.2 Å². The van der Waals surface area contributed by atoms with Crippen molar-refractivity contribution in [1.29, 1.82) is 0 Å². The van der Waals surface area contributed by atoms with E-state index in [2.05, 4.69) is 55.6 Å². The molecule has 0 fully saturated rings. The molecule has 0 aromatic carbocycles. The molecule has 8 nitrogen and oxygen atoms in total. The Morgan fingerprint density at radius 2 is 0.767 bits per heavy atom. The van der Waals surface area contributed by atoms with Crippen molar-refractivity contribution in [2.24, 2.45) is 0 Å². The van der Waals surface area contributed by atoms with Gasteiger partial charge in [-0.3, -0.25) is 9.36 Å². The number of amides is 1. The number of allylic oxidation sites excluding steroid dienone is 7. The summed E-state index contributed by atoms with van der Waals surface area (Å²) in [6, 6.07) is -0.909. The van der Waals surface area contributed by atoms with Gasteiger partial charge in [-0.2, -0.15) is 0 Å². The van der Waals surface area contributed by atoms with Crippen LogP contribution in [-0.2, 0) is 18.4 Å². The molecule has 0 bridgehead atoms. The van der Waals surface area contributed by atoms with Crippen LogP contribution in [0.25, 0.3) is 0 Å². The molecule has 0 spiro atoms. The van der Waals surface area contributed by atoms with Crippen molar-refractivity contribution in [3.8, 4) is 0 Å². The summed E-state index contributed by atoms with van der Waals surface area (Å²) in [6.07, 6.45) is 73.7. The summed E-state index contributed by atoms with van der Waals surface area (Å²) in [5, 5.41) is 13.9. The van der Waals surface area contributed by atoms with E-state index in [1.54, 1.807) is 6.08 Å².